The highest BCUT2D eigenvalue weighted by Crippen LogP contribution is 2.14. The first-order chi connectivity index (χ1) is 12.0. The summed E-state index contributed by atoms with van der Waals surface area (Å²) in [6.45, 7) is 18.3. The molecule has 0 aromatic heterocycles. The lowest BCUT2D eigenvalue weighted by molar-refractivity contribution is 0.588. The van der Waals surface area contributed by atoms with Gasteiger partial charge in [-0.2, -0.15) is 12.6 Å². The van der Waals surface area contributed by atoms with E-state index in [4.69, 9.17) is 0 Å². The van der Waals surface area contributed by atoms with Crippen LogP contribution in [0.5, 0.6) is 0 Å². The summed E-state index contributed by atoms with van der Waals surface area (Å²) >= 11 is 4.40. The third-order valence-corrected chi connectivity index (χ3v) is 3.58. The van der Waals surface area contributed by atoms with Crippen molar-refractivity contribution in [1.82, 2.24) is 10.6 Å². The van der Waals surface area contributed by atoms with Gasteiger partial charge in [-0.3, -0.25) is 0 Å². The van der Waals surface area contributed by atoms with Crippen LogP contribution in [0.3, 0.4) is 0 Å². The summed E-state index contributed by atoms with van der Waals surface area (Å²) in [6.07, 6.45) is 6.94. The second-order valence-corrected chi connectivity index (χ2v) is 6.23. The average Bonchev–Trinajstić information content (AvgIpc) is 2.61. The molecule has 1 rings (SSSR count). The fourth-order valence-corrected chi connectivity index (χ4v) is 2.49. The third-order valence-electron chi connectivity index (χ3n) is 3.45. The van der Waals surface area contributed by atoms with Gasteiger partial charge in [-0.1, -0.05) is 75.6 Å². The van der Waals surface area contributed by atoms with Crippen LogP contribution in [-0.2, 0) is 6.42 Å². The molecule has 1 unspecified atom stereocenters. The Balaban J connectivity index is 0.00000277. The monoisotopic (exact) mass is 358 g/mol. The highest BCUT2D eigenvalue weighted by Gasteiger charge is 2.15. The molecule has 3 heteroatoms. The van der Waals surface area contributed by atoms with Crippen LogP contribution in [0.4, 0.5) is 0 Å². The molecule has 0 aliphatic rings. The summed E-state index contributed by atoms with van der Waals surface area (Å²) in [7, 11) is 0. The molecule has 2 nitrogen and oxygen atoms in total. The Kier molecular flexibility index (Phi) is 12.4. The van der Waals surface area contributed by atoms with Gasteiger partial charge in [0.2, 0.25) is 0 Å². The van der Waals surface area contributed by atoms with E-state index in [1.807, 2.05) is 58.9 Å². The van der Waals surface area contributed by atoms with E-state index in [1.54, 1.807) is 0 Å². The van der Waals surface area contributed by atoms with Gasteiger partial charge in [0.15, 0.2) is 0 Å². The highest BCUT2D eigenvalue weighted by molar-refractivity contribution is 7.80. The molecule has 2 atom stereocenters. The molecule has 0 amide bonds. The topological polar surface area (TPSA) is 24.1 Å². The summed E-state index contributed by atoms with van der Waals surface area (Å²) in [5.41, 5.74) is 4.13. The van der Waals surface area contributed by atoms with E-state index in [0.717, 1.165) is 23.4 Å². The van der Waals surface area contributed by atoms with Crippen molar-refractivity contribution in [3.05, 3.63) is 84.2 Å². The molecule has 0 saturated heterocycles. The maximum absolute atomic E-state index is 4.40. The number of rotatable bonds is 9. The molecule has 2 N–H and O–H groups in total. The molecule has 0 bridgehead atoms. The molecule has 0 heterocycles. The number of thiol groups is 1. The lowest BCUT2D eigenvalue weighted by Crippen LogP contribution is -2.39. The van der Waals surface area contributed by atoms with Gasteiger partial charge in [-0.25, -0.2) is 0 Å². The summed E-state index contributed by atoms with van der Waals surface area (Å²) in [5, 5.41) is 6.83. The second-order valence-electron chi connectivity index (χ2n) is 5.45. The molecule has 138 valence electrons. The van der Waals surface area contributed by atoms with Crippen molar-refractivity contribution in [2.45, 2.75) is 52.5 Å². The van der Waals surface area contributed by atoms with Crippen LogP contribution in [0.15, 0.2) is 78.7 Å². The first kappa shape index (κ1) is 23.1. The van der Waals surface area contributed by atoms with Gasteiger partial charge in [-0.05, 0) is 38.3 Å². The predicted molar refractivity (Wildman–Crippen MR) is 117 cm³/mol. The molecule has 0 aliphatic carbocycles. The minimum Gasteiger partial charge on any atom is -0.376 e. The zero-order chi connectivity index (χ0) is 19.2. The van der Waals surface area contributed by atoms with E-state index >= 15 is 0 Å². The zero-order valence-corrected chi connectivity index (χ0v) is 17.2. The van der Waals surface area contributed by atoms with Gasteiger partial charge in [0.25, 0.3) is 0 Å². The number of hydrogen-bond acceptors (Lipinski definition) is 3. The maximum Gasteiger partial charge on any atom is 0.0694 e. The average molecular weight is 359 g/mol. The molecule has 0 radical (unpaired) electrons. The quantitative estimate of drug-likeness (QED) is 0.303. The lowest BCUT2D eigenvalue weighted by Gasteiger charge is -2.26. The van der Waals surface area contributed by atoms with Crippen LogP contribution in [0.25, 0.3) is 0 Å². The fraction of sp³-hybridized carbons (Fsp3) is 0.364. The summed E-state index contributed by atoms with van der Waals surface area (Å²) < 4.78 is 0. The second kappa shape index (κ2) is 13.4. The van der Waals surface area contributed by atoms with E-state index in [2.05, 4.69) is 60.7 Å². The summed E-state index contributed by atoms with van der Waals surface area (Å²) in [5.74, 6) is 0. The van der Waals surface area contributed by atoms with Gasteiger partial charge in [-0.15, -0.1) is 0 Å². The van der Waals surface area contributed by atoms with Crippen molar-refractivity contribution in [3.63, 3.8) is 0 Å². The summed E-state index contributed by atoms with van der Waals surface area (Å²) in [4.78, 5) is 0. The van der Waals surface area contributed by atoms with Gasteiger partial charge < -0.3 is 10.6 Å². The number of benzene rings is 1. The molecule has 1 aromatic carbocycles. The zero-order valence-electron chi connectivity index (χ0n) is 16.3. The van der Waals surface area contributed by atoms with Gasteiger partial charge in [0.1, 0.15) is 0 Å². The molecule has 0 spiro atoms. The normalized spacial score (nSPS) is 13.4. The van der Waals surface area contributed by atoms with Gasteiger partial charge in [0.05, 0.1) is 11.4 Å². The van der Waals surface area contributed by atoms with Crippen molar-refractivity contribution in [3.8, 4) is 0 Å². The molecular formula is C22H34N2S. The van der Waals surface area contributed by atoms with E-state index in [1.165, 1.54) is 5.56 Å². The number of nitrogens with one attached hydrogen (secondary N) is 2. The van der Waals surface area contributed by atoms with Crippen LogP contribution in [0, 0.1) is 0 Å². The molecule has 25 heavy (non-hydrogen) atoms. The molecule has 0 saturated carbocycles. The van der Waals surface area contributed by atoms with Crippen molar-refractivity contribution < 1.29 is 0 Å². The Morgan fingerprint density at radius 1 is 1.12 bits per heavy atom. The van der Waals surface area contributed by atoms with E-state index in [-0.39, 0.29) is 11.4 Å². The van der Waals surface area contributed by atoms with Crippen molar-refractivity contribution in [1.29, 1.82) is 0 Å². The van der Waals surface area contributed by atoms with E-state index in [0.29, 0.717) is 0 Å². The van der Waals surface area contributed by atoms with Crippen LogP contribution in [0.1, 0.15) is 40.2 Å². The van der Waals surface area contributed by atoms with E-state index < -0.39 is 0 Å². The fourth-order valence-electron chi connectivity index (χ4n) is 2.32. The lowest BCUT2D eigenvalue weighted by atomic mass is 10.0. The Labute approximate surface area is 160 Å². The minimum absolute atomic E-state index is 0.0414. The molecular weight excluding hydrogens is 324 g/mol. The Bertz CT molecular complexity index is 571. The van der Waals surface area contributed by atoms with Gasteiger partial charge >= 0.3 is 0 Å². The van der Waals surface area contributed by atoms with Crippen LogP contribution >= 0.6 is 12.6 Å². The van der Waals surface area contributed by atoms with Crippen molar-refractivity contribution in [2.24, 2.45) is 0 Å². The number of allylic oxidation sites excluding steroid dienone is 3. The van der Waals surface area contributed by atoms with Crippen molar-refractivity contribution >= 4 is 12.6 Å². The standard InChI is InChI=1S/C20H28N2S.C2H6/c1-6-11-19(7-2)15(3)22-20(16(4)21-17(5)23)14-18-12-9-8-10-13-18;1-2/h6-13,17,20-23H,3-4,14H2,1-2,5H3;1-2H3/b11-6-,19-7+;/t17?,20-;/m0./s1. The van der Waals surface area contributed by atoms with Gasteiger partial charge in [0, 0.05) is 11.4 Å². The smallest absolute Gasteiger partial charge is 0.0694 e. The van der Waals surface area contributed by atoms with E-state index in [9.17, 15) is 0 Å². The largest absolute Gasteiger partial charge is 0.376 e. The van der Waals surface area contributed by atoms with Crippen molar-refractivity contribution in [2.75, 3.05) is 0 Å². The van der Waals surface area contributed by atoms with Crippen LogP contribution in [0.2, 0.25) is 0 Å². The first-order valence-electron chi connectivity index (χ1n) is 8.90. The first-order valence-corrected chi connectivity index (χ1v) is 9.41. The van der Waals surface area contributed by atoms with Crippen LogP contribution < -0.4 is 10.6 Å². The Morgan fingerprint density at radius 3 is 2.20 bits per heavy atom. The minimum atomic E-state index is 0.0414. The molecule has 1 aromatic rings. The third kappa shape index (κ3) is 9.25. The summed E-state index contributed by atoms with van der Waals surface area (Å²) in [6, 6.07) is 10.4. The molecule has 0 aliphatic heterocycles. The number of hydrogen-bond donors (Lipinski definition) is 3. The highest BCUT2D eigenvalue weighted by atomic mass is 32.1. The van der Waals surface area contributed by atoms with Crippen LogP contribution in [-0.4, -0.2) is 11.4 Å². The maximum atomic E-state index is 4.40. The predicted octanol–water partition coefficient (Wildman–Crippen LogP) is 5.63. The Morgan fingerprint density at radius 2 is 1.72 bits per heavy atom. The molecule has 0 fully saturated rings. The SMILES string of the molecule is C=C(N[C@@H](Cc1ccccc1)C(=C)NC(C)S)C(/C=C\C)=C/C.CC. The Hall–Kier alpha value is -1.87.